The van der Waals surface area contributed by atoms with Crippen LogP contribution in [0.2, 0.25) is 0 Å². The Morgan fingerprint density at radius 2 is 2.05 bits per heavy atom. The van der Waals surface area contributed by atoms with Gasteiger partial charge < -0.3 is 10.6 Å². The van der Waals surface area contributed by atoms with Gasteiger partial charge >= 0.3 is 0 Å². The van der Waals surface area contributed by atoms with E-state index >= 15 is 0 Å². The number of nitrogens with two attached hydrogens (primary N) is 1. The number of fused-ring (bicyclic) bond motifs is 1. The number of nitrogens with one attached hydrogen (secondary N) is 1. The van der Waals surface area contributed by atoms with Crippen molar-refractivity contribution >= 4 is 40.3 Å². The minimum atomic E-state index is 0.157. The first-order valence-electron chi connectivity index (χ1n) is 7.47. The zero-order valence-electron chi connectivity index (χ0n) is 12.3. The van der Waals surface area contributed by atoms with Crippen molar-refractivity contribution in [2.75, 3.05) is 18.0 Å². The highest BCUT2D eigenvalue weighted by atomic mass is 32.1. The lowest BCUT2D eigenvalue weighted by Gasteiger charge is -2.29. The fraction of sp³-hybridized carbons (Fsp3) is 0.312. The molecule has 2 heterocycles. The Morgan fingerprint density at radius 3 is 2.82 bits per heavy atom. The molecule has 1 saturated heterocycles. The number of hydrogen-bond acceptors (Lipinski definition) is 4. The predicted molar refractivity (Wildman–Crippen MR) is 95.3 cm³/mol. The van der Waals surface area contributed by atoms with Crippen molar-refractivity contribution in [2.45, 2.75) is 19.3 Å². The third-order valence-corrected chi connectivity index (χ3v) is 3.86. The van der Waals surface area contributed by atoms with Crippen molar-refractivity contribution in [1.82, 2.24) is 10.4 Å². The van der Waals surface area contributed by atoms with Crippen LogP contribution in [0.3, 0.4) is 0 Å². The van der Waals surface area contributed by atoms with Crippen molar-refractivity contribution in [3.05, 3.63) is 35.9 Å². The Hall–Kier alpha value is -2.21. The molecule has 22 heavy (non-hydrogen) atoms. The van der Waals surface area contributed by atoms with Gasteiger partial charge in [-0.1, -0.05) is 18.2 Å². The maximum absolute atomic E-state index is 5.41. The second-order valence-corrected chi connectivity index (χ2v) is 5.82. The quantitative estimate of drug-likeness (QED) is 0.517. The maximum Gasteiger partial charge on any atom is 0.184 e. The minimum absolute atomic E-state index is 0.157. The lowest BCUT2D eigenvalue weighted by Crippen LogP contribution is -2.31. The topological polar surface area (TPSA) is 66.5 Å². The highest BCUT2D eigenvalue weighted by Gasteiger charge is 2.16. The first kappa shape index (κ1) is 14.7. The van der Waals surface area contributed by atoms with E-state index in [1.807, 2.05) is 18.2 Å². The monoisotopic (exact) mass is 313 g/mol. The van der Waals surface area contributed by atoms with E-state index in [9.17, 15) is 0 Å². The molecule has 3 rings (SSSR count). The van der Waals surface area contributed by atoms with Gasteiger partial charge in [0.05, 0.1) is 11.7 Å². The standard InChI is InChI=1S/C16H19N5S/c17-16(22)20-18-11-13-10-12-6-2-3-7-14(12)19-15(13)21-8-4-1-5-9-21/h2-3,6-7,10-11H,1,4-5,8-9H2,(H3,17,20,22)/b18-11-. The second kappa shape index (κ2) is 6.70. The number of piperidine rings is 1. The molecule has 0 bridgehead atoms. The fourth-order valence-corrected chi connectivity index (χ4v) is 2.79. The molecule has 0 atom stereocenters. The Kier molecular flexibility index (Phi) is 4.48. The first-order chi connectivity index (χ1) is 10.7. The lowest BCUT2D eigenvalue weighted by atomic mass is 10.1. The molecule has 0 spiro atoms. The molecule has 1 aliphatic heterocycles. The Morgan fingerprint density at radius 1 is 1.27 bits per heavy atom. The third kappa shape index (κ3) is 3.33. The van der Waals surface area contributed by atoms with Crippen LogP contribution in [0, 0.1) is 0 Å². The number of rotatable bonds is 3. The number of nitrogens with zero attached hydrogens (tertiary/aromatic N) is 3. The highest BCUT2D eigenvalue weighted by molar-refractivity contribution is 7.80. The van der Waals surface area contributed by atoms with Crippen LogP contribution in [-0.2, 0) is 0 Å². The van der Waals surface area contributed by atoms with Gasteiger partial charge in [-0.25, -0.2) is 4.98 Å². The molecule has 5 nitrogen and oxygen atoms in total. The van der Waals surface area contributed by atoms with Crippen molar-refractivity contribution in [3.63, 3.8) is 0 Å². The summed E-state index contributed by atoms with van der Waals surface area (Å²) in [7, 11) is 0. The third-order valence-electron chi connectivity index (χ3n) is 3.77. The summed E-state index contributed by atoms with van der Waals surface area (Å²) in [6.45, 7) is 2.07. The Bertz CT molecular complexity index is 707. The summed E-state index contributed by atoms with van der Waals surface area (Å²) >= 11 is 4.77. The van der Waals surface area contributed by atoms with E-state index in [0.717, 1.165) is 35.4 Å². The van der Waals surface area contributed by atoms with Crippen molar-refractivity contribution < 1.29 is 0 Å². The largest absolute Gasteiger partial charge is 0.375 e. The summed E-state index contributed by atoms with van der Waals surface area (Å²) in [6, 6.07) is 10.2. The van der Waals surface area contributed by atoms with Crippen LogP contribution < -0.4 is 16.1 Å². The normalized spacial score (nSPS) is 15.4. The van der Waals surface area contributed by atoms with Gasteiger partial charge in [0.25, 0.3) is 0 Å². The lowest BCUT2D eigenvalue weighted by molar-refractivity contribution is 0.574. The second-order valence-electron chi connectivity index (χ2n) is 5.38. The summed E-state index contributed by atoms with van der Waals surface area (Å²) in [5.74, 6) is 0.979. The predicted octanol–water partition coefficient (Wildman–Crippen LogP) is 2.39. The van der Waals surface area contributed by atoms with Gasteiger partial charge in [0.2, 0.25) is 0 Å². The zero-order chi connectivity index (χ0) is 15.4. The van der Waals surface area contributed by atoms with E-state index in [1.54, 1.807) is 6.21 Å². The molecule has 0 radical (unpaired) electrons. The average molecular weight is 313 g/mol. The number of para-hydroxylation sites is 1. The van der Waals surface area contributed by atoms with Crippen molar-refractivity contribution in [1.29, 1.82) is 0 Å². The number of hydrogen-bond donors (Lipinski definition) is 2. The van der Waals surface area contributed by atoms with Crippen LogP contribution >= 0.6 is 12.2 Å². The van der Waals surface area contributed by atoms with Crippen LogP contribution in [0.1, 0.15) is 24.8 Å². The molecule has 0 saturated carbocycles. The molecular formula is C16H19N5S. The van der Waals surface area contributed by atoms with Gasteiger partial charge in [-0.2, -0.15) is 5.10 Å². The smallest absolute Gasteiger partial charge is 0.184 e. The van der Waals surface area contributed by atoms with Gasteiger partial charge in [-0.15, -0.1) is 0 Å². The van der Waals surface area contributed by atoms with Gasteiger partial charge in [0.1, 0.15) is 5.82 Å². The molecule has 1 fully saturated rings. The molecule has 2 aromatic rings. The van der Waals surface area contributed by atoms with E-state index in [-0.39, 0.29) is 5.11 Å². The Balaban J connectivity index is 2.01. The van der Waals surface area contributed by atoms with Crippen LogP contribution in [0.5, 0.6) is 0 Å². The summed E-state index contributed by atoms with van der Waals surface area (Å²) in [6.07, 6.45) is 5.44. The molecule has 3 N–H and O–H groups in total. The van der Waals surface area contributed by atoms with Gasteiger partial charge in [-0.3, -0.25) is 5.43 Å². The number of anilines is 1. The molecule has 1 aromatic carbocycles. The number of thiocarbonyl (C=S) groups is 1. The molecule has 114 valence electrons. The van der Waals surface area contributed by atoms with Crippen molar-refractivity contribution in [2.24, 2.45) is 10.8 Å². The molecular weight excluding hydrogens is 294 g/mol. The highest BCUT2D eigenvalue weighted by Crippen LogP contribution is 2.25. The number of hydrazone groups is 1. The summed E-state index contributed by atoms with van der Waals surface area (Å²) in [5, 5.41) is 5.35. The van der Waals surface area contributed by atoms with Gasteiger partial charge in [0, 0.05) is 24.0 Å². The van der Waals surface area contributed by atoms with E-state index in [4.69, 9.17) is 22.9 Å². The molecule has 0 unspecified atom stereocenters. The van der Waals surface area contributed by atoms with E-state index in [1.165, 1.54) is 19.3 Å². The number of pyridine rings is 1. The van der Waals surface area contributed by atoms with Crippen LogP contribution in [0.4, 0.5) is 5.82 Å². The van der Waals surface area contributed by atoms with E-state index in [2.05, 4.69) is 27.6 Å². The zero-order valence-corrected chi connectivity index (χ0v) is 13.1. The average Bonchev–Trinajstić information content (AvgIpc) is 2.54. The van der Waals surface area contributed by atoms with E-state index < -0.39 is 0 Å². The summed E-state index contributed by atoms with van der Waals surface area (Å²) < 4.78 is 0. The Labute approximate surface area is 135 Å². The molecule has 0 aliphatic carbocycles. The summed E-state index contributed by atoms with van der Waals surface area (Å²) in [4.78, 5) is 7.17. The fourth-order valence-electron chi connectivity index (χ4n) is 2.74. The number of aromatic nitrogens is 1. The molecule has 1 aliphatic rings. The number of benzene rings is 1. The van der Waals surface area contributed by atoms with Gasteiger partial charge in [-0.05, 0) is 43.6 Å². The van der Waals surface area contributed by atoms with Crippen LogP contribution in [0.15, 0.2) is 35.4 Å². The minimum Gasteiger partial charge on any atom is -0.375 e. The van der Waals surface area contributed by atoms with E-state index in [0.29, 0.717) is 0 Å². The molecule has 1 aromatic heterocycles. The molecule has 6 heteroatoms. The summed E-state index contributed by atoms with van der Waals surface area (Å²) in [5.41, 5.74) is 9.99. The van der Waals surface area contributed by atoms with Crippen LogP contribution in [0.25, 0.3) is 10.9 Å². The van der Waals surface area contributed by atoms with Crippen molar-refractivity contribution in [3.8, 4) is 0 Å². The maximum atomic E-state index is 5.41. The molecule has 0 amide bonds. The SMILES string of the molecule is NC(=S)N/N=C\c1cc2ccccc2nc1N1CCCCC1. The van der Waals surface area contributed by atoms with Gasteiger partial charge in [0.15, 0.2) is 5.11 Å². The first-order valence-corrected chi connectivity index (χ1v) is 7.88. The van der Waals surface area contributed by atoms with Crippen LogP contribution in [-0.4, -0.2) is 29.4 Å².